The van der Waals surface area contributed by atoms with E-state index in [1.807, 2.05) is 19.9 Å². The molecule has 0 saturated carbocycles. The van der Waals surface area contributed by atoms with E-state index in [1.165, 1.54) is 5.56 Å². The number of carbonyl (C=O) groups excluding carboxylic acids is 1. The normalized spacial score (nSPS) is 12.1. The van der Waals surface area contributed by atoms with Crippen LogP contribution >= 0.6 is 12.4 Å². The minimum Gasteiger partial charge on any atom is -0.355 e. The van der Waals surface area contributed by atoms with E-state index in [9.17, 15) is 4.79 Å². The maximum absolute atomic E-state index is 11.7. The van der Waals surface area contributed by atoms with Gasteiger partial charge in [-0.3, -0.25) is 4.79 Å². The summed E-state index contributed by atoms with van der Waals surface area (Å²) < 4.78 is 0. The van der Waals surface area contributed by atoms with Crippen LogP contribution in [0.5, 0.6) is 0 Å². The molecule has 1 rings (SSSR count). The number of amides is 1. The van der Waals surface area contributed by atoms with E-state index in [0.717, 1.165) is 19.5 Å². The van der Waals surface area contributed by atoms with E-state index in [1.54, 1.807) is 0 Å². The van der Waals surface area contributed by atoms with Gasteiger partial charge >= 0.3 is 0 Å². The van der Waals surface area contributed by atoms with Crippen LogP contribution < -0.4 is 11.1 Å². The van der Waals surface area contributed by atoms with Crippen molar-refractivity contribution in [2.45, 2.75) is 32.9 Å². The van der Waals surface area contributed by atoms with Gasteiger partial charge in [-0.15, -0.1) is 12.4 Å². The Kier molecular flexibility index (Phi) is 10.0. The van der Waals surface area contributed by atoms with E-state index in [2.05, 4.69) is 41.5 Å². The zero-order valence-electron chi connectivity index (χ0n) is 13.2. The lowest BCUT2D eigenvalue weighted by Gasteiger charge is -2.18. The van der Waals surface area contributed by atoms with Crippen LogP contribution in [0.3, 0.4) is 0 Å². The molecule has 0 saturated heterocycles. The third kappa shape index (κ3) is 8.05. The van der Waals surface area contributed by atoms with Crippen molar-refractivity contribution in [2.75, 3.05) is 20.1 Å². The summed E-state index contributed by atoms with van der Waals surface area (Å²) in [4.78, 5) is 13.9. The van der Waals surface area contributed by atoms with Gasteiger partial charge in [0.25, 0.3) is 0 Å². The first-order valence-electron chi connectivity index (χ1n) is 7.26. The Labute approximate surface area is 134 Å². The number of carbonyl (C=O) groups is 1. The quantitative estimate of drug-likeness (QED) is 0.722. The van der Waals surface area contributed by atoms with Gasteiger partial charge in [-0.1, -0.05) is 44.2 Å². The second-order valence-corrected chi connectivity index (χ2v) is 5.64. The molecule has 0 aliphatic rings. The van der Waals surface area contributed by atoms with Gasteiger partial charge in [-0.25, -0.2) is 0 Å². The highest BCUT2D eigenvalue weighted by Crippen LogP contribution is 2.03. The van der Waals surface area contributed by atoms with Gasteiger partial charge in [0, 0.05) is 13.1 Å². The van der Waals surface area contributed by atoms with Crippen LogP contribution in [0.1, 0.15) is 25.8 Å². The lowest BCUT2D eigenvalue weighted by molar-refractivity contribution is -0.123. The van der Waals surface area contributed by atoms with Crippen LogP contribution in [-0.4, -0.2) is 37.0 Å². The molecule has 1 aromatic carbocycles. The average Bonchev–Trinajstić information content (AvgIpc) is 2.43. The van der Waals surface area contributed by atoms with Crippen LogP contribution in [0.4, 0.5) is 0 Å². The highest BCUT2D eigenvalue weighted by Gasteiger charge is 2.16. The van der Waals surface area contributed by atoms with E-state index in [4.69, 9.17) is 5.73 Å². The van der Waals surface area contributed by atoms with Crippen molar-refractivity contribution in [2.24, 2.45) is 11.7 Å². The Morgan fingerprint density at radius 2 is 1.90 bits per heavy atom. The Balaban J connectivity index is 0.00000400. The maximum atomic E-state index is 11.7. The smallest absolute Gasteiger partial charge is 0.237 e. The minimum absolute atomic E-state index is 0. The molecule has 21 heavy (non-hydrogen) atoms. The van der Waals surface area contributed by atoms with Crippen LogP contribution in [0, 0.1) is 5.92 Å². The minimum atomic E-state index is -0.406. The van der Waals surface area contributed by atoms with E-state index >= 15 is 0 Å². The van der Waals surface area contributed by atoms with Crippen LogP contribution in [0.2, 0.25) is 0 Å². The van der Waals surface area contributed by atoms with Crippen molar-refractivity contribution in [3.05, 3.63) is 35.9 Å². The lowest BCUT2D eigenvalue weighted by atomic mass is 10.1. The van der Waals surface area contributed by atoms with Gasteiger partial charge in [0.15, 0.2) is 0 Å². The number of hydrogen-bond donors (Lipinski definition) is 2. The van der Waals surface area contributed by atoms with Crippen LogP contribution in [0.15, 0.2) is 30.3 Å². The van der Waals surface area contributed by atoms with E-state index < -0.39 is 6.04 Å². The number of nitrogens with zero attached hydrogens (tertiary/aromatic N) is 1. The van der Waals surface area contributed by atoms with Crippen molar-refractivity contribution in [1.82, 2.24) is 10.2 Å². The summed E-state index contributed by atoms with van der Waals surface area (Å²) in [5.41, 5.74) is 7.09. The summed E-state index contributed by atoms with van der Waals surface area (Å²) in [5, 5.41) is 2.89. The second kappa shape index (κ2) is 10.6. The average molecular weight is 314 g/mol. The maximum Gasteiger partial charge on any atom is 0.237 e. The molecule has 0 spiro atoms. The summed E-state index contributed by atoms with van der Waals surface area (Å²) in [6, 6.07) is 9.97. The Morgan fingerprint density at radius 1 is 1.29 bits per heavy atom. The number of hydrogen-bond acceptors (Lipinski definition) is 3. The van der Waals surface area contributed by atoms with Crippen molar-refractivity contribution >= 4 is 18.3 Å². The predicted octanol–water partition coefficient (Wildman–Crippen LogP) is 2.03. The monoisotopic (exact) mass is 313 g/mol. The van der Waals surface area contributed by atoms with Crippen molar-refractivity contribution in [1.29, 1.82) is 0 Å². The zero-order chi connectivity index (χ0) is 15.0. The number of rotatable bonds is 8. The van der Waals surface area contributed by atoms with Crippen LogP contribution in [0.25, 0.3) is 0 Å². The third-order valence-corrected chi connectivity index (χ3v) is 3.33. The topological polar surface area (TPSA) is 58.4 Å². The number of halogens is 1. The summed E-state index contributed by atoms with van der Waals surface area (Å²) in [6.07, 6.45) is 0.930. The first-order valence-corrected chi connectivity index (χ1v) is 7.26. The fourth-order valence-corrected chi connectivity index (χ4v) is 1.96. The molecule has 4 nitrogen and oxygen atoms in total. The molecule has 0 aliphatic carbocycles. The summed E-state index contributed by atoms with van der Waals surface area (Å²) in [7, 11) is 2.09. The molecule has 3 N–H and O–H groups in total. The molecule has 1 amide bonds. The highest BCUT2D eigenvalue weighted by atomic mass is 35.5. The fraction of sp³-hybridized carbons (Fsp3) is 0.562. The lowest BCUT2D eigenvalue weighted by Crippen LogP contribution is -2.44. The Bertz CT molecular complexity index is 398. The fourth-order valence-electron chi connectivity index (χ4n) is 1.96. The predicted molar refractivity (Wildman–Crippen MR) is 90.5 cm³/mol. The standard InChI is InChI=1S/C16H27N3O.ClH/c1-13(2)15(17)16(20)18-10-7-11-19(3)12-14-8-5-4-6-9-14;/h4-6,8-9,13,15H,7,10-12,17H2,1-3H3,(H,18,20);1H/t15-;/m0./s1. The van der Waals surface area contributed by atoms with Gasteiger partial charge in [-0.05, 0) is 31.5 Å². The zero-order valence-corrected chi connectivity index (χ0v) is 14.0. The second-order valence-electron chi connectivity index (χ2n) is 5.64. The molecule has 0 bridgehead atoms. The van der Waals surface area contributed by atoms with E-state index in [0.29, 0.717) is 6.54 Å². The van der Waals surface area contributed by atoms with Crippen molar-refractivity contribution in [3.8, 4) is 0 Å². The number of benzene rings is 1. The van der Waals surface area contributed by atoms with Crippen LogP contribution in [-0.2, 0) is 11.3 Å². The first kappa shape index (κ1) is 19.9. The summed E-state index contributed by atoms with van der Waals surface area (Å²) in [5.74, 6) is 0.126. The Morgan fingerprint density at radius 3 is 2.48 bits per heavy atom. The van der Waals surface area contributed by atoms with Gasteiger partial charge < -0.3 is 16.0 Å². The summed E-state index contributed by atoms with van der Waals surface area (Å²) in [6.45, 7) is 6.47. The van der Waals surface area contributed by atoms with Gasteiger partial charge in [-0.2, -0.15) is 0 Å². The van der Waals surface area contributed by atoms with Crippen molar-refractivity contribution < 1.29 is 4.79 Å². The molecule has 0 aromatic heterocycles. The molecule has 0 aliphatic heterocycles. The Hall–Kier alpha value is -1.10. The molecule has 0 fully saturated rings. The molecule has 0 unspecified atom stereocenters. The molecule has 0 heterocycles. The molecule has 0 radical (unpaired) electrons. The number of nitrogens with two attached hydrogens (primary N) is 1. The van der Waals surface area contributed by atoms with Gasteiger partial charge in [0.2, 0.25) is 5.91 Å². The molecule has 1 atom stereocenters. The highest BCUT2D eigenvalue weighted by molar-refractivity contribution is 5.85. The molecular formula is C16H28ClN3O. The van der Waals surface area contributed by atoms with Gasteiger partial charge in [0.1, 0.15) is 0 Å². The molecule has 5 heteroatoms. The molecule has 1 aromatic rings. The first-order chi connectivity index (χ1) is 9.50. The van der Waals surface area contributed by atoms with E-state index in [-0.39, 0.29) is 24.2 Å². The SMILES string of the molecule is CC(C)[C@H](N)C(=O)NCCCN(C)Cc1ccccc1.Cl. The van der Waals surface area contributed by atoms with Gasteiger partial charge in [0.05, 0.1) is 6.04 Å². The third-order valence-electron chi connectivity index (χ3n) is 3.33. The molecule has 120 valence electrons. The number of nitrogens with one attached hydrogen (secondary N) is 1. The van der Waals surface area contributed by atoms with Crippen molar-refractivity contribution in [3.63, 3.8) is 0 Å². The summed E-state index contributed by atoms with van der Waals surface area (Å²) >= 11 is 0. The largest absolute Gasteiger partial charge is 0.355 e. The molecular weight excluding hydrogens is 286 g/mol.